The van der Waals surface area contributed by atoms with E-state index in [1.165, 1.54) is 18.9 Å². The Morgan fingerprint density at radius 2 is 2.00 bits per heavy atom. The highest BCUT2D eigenvalue weighted by Gasteiger charge is 2.33. The number of hydrogen-bond acceptors (Lipinski definition) is 2. The molecule has 2 saturated heterocycles. The van der Waals surface area contributed by atoms with Gasteiger partial charge in [0.05, 0.1) is 0 Å². The van der Waals surface area contributed by atoms with Crippen LogP contribution >= 0.6 is 0 Å². The summed E-state index contributed by atoms with van der Waals surface area (Å²) in [5, 5.41) is 6.51. The third-order valence-electron chi connectivity index (χ3n) is 3.00. The molecule has 2 heterocycles. The van der Waals surface area contributed by atoms with E-state index in [2.05, 4.69) is 17.2 Å². The fraction of sp³-hybridized carbons (Fsp3) is 0.700. The van der Waals surface area contributed by atoms with E-state index in [0.29, 0.717) is 18.1 Å². The summed E-state index contributed by atoms with van der Waals surface area (Å²) in [6.45, 7) is 3.45. The number of carbonyl (C=O) groups excluding carboxylic acids is 1. The predicted octanol–water partition coefficient (Wildman–Crippen LogP) is 0.572. The highest BCUT2D eigenvalue weighted by atomic mass is 16.1. The molecule has 72 valence electrons. The molecule has 0 saturated carbocycles. The Bertz CT molecular complexity index is 215. The van der Waals surface area contributed by atoms with Gasteiger partial charge in [-0.1, -0.05) is 6.58 Å². The second-order valence-corrected chi connectivity index (χ2v) is 4.02. The lowest BCUT2D eigenvalue weighted by Gasteiger charge is -2.29. The maximum absolute atomic E-state index is 11.1. The van der Waals surface area contributed by atoms with Gasteiger partial charge in [-0.25, -0.2) is 0 Å². The Morgan fingerprint density at radius 3 is 2.54 bits per heavy atom. The first-order chi connectivity index (χ1) is 6.28. The van der Waals surface area contributed by atoms with Crippen molar-refractivity contribution >= 4 is 5.91 Å². The molecular formula is C10H16N2O. The molecule has 0 aromatic heterocycles. The third kappa shape index (κ3) is 1.91. The smallest absolute Gasteiger partial charge is 0.243 e. The molecule has 1 amide bonds. The van der Waals surface area contributed by atoms with Crippen molar-refractivity contribution in [1.29, 1.82) is 0 Å². The Labute approximate surface area is 78.6 Å². The molecule has 2 fully saturated rings. The highest BCUT2D eigenvalue weighted by molar-refractivity contribution is 5.87. The lowest BCUT2D eigenvalue weighted by molar-refractivity contribution is -0.117. The number of amides is 1. The Hall–Kier alpha value is -0.830. The predicted molar refractivity (Wildman–Crippen MR) is 51.3 cm³/mol. The van der Waals surface area contributed by atoms with Gasteiger partial charge in [-0.2, -0.15) is 0 Å². The Balaban J connectivity index is 1.88. The lowest BCUT2D eigenvalue weighted by atomic mass is 10.00. The third-order valence-corrected chi connectivity index (χ3v) is 3.00. The molecule has 1 unspecified atom stereocenters. The molecule has 0 spiro atoms. The molecule has 0 aromatic rings. The highest BCUT2D eigenvalue weighted by Crippen LogP contribution is 2.26. The summed E-state index contributed by atoms with van der Waals surface area (Å²) in [6.07, 6.45) is 6.05. The summed E-state index contributed by atoms with van der Waals surface area (Å²) in [5.41, 5.74) is 0. The van der Waals surface area contributed by atoms with E-state index < -0.39 is 0 Å². The molecule has 2 aliphatic rings. The van der Waals surface area contributed by atoms with Crippen molar-refractivity contribution in [2.45, 2.75) is 43.8 Å². The van der Waals surface area contributed by atoms with Gasteiger partial charge in [0.15, 0.2) is 0 Å². The van der Waals surface area contributed by atoms with Gasteiger partial charge in [-0.15, -0.1) is 0 Å². The van der Waals surface area contributed by atoms with E-state index in [4.69, 9.17) is 0 Å². The normalized spacial score (nSPS) is 37.1. The number of carbonyl (C=O) groups is 1. The van der Waals surface area contributed by atoms with Crippen molar-refractivity contribution in [3.05, 3.63) is 12.7 Å². The van der Waals surface area contributed by atoms with Crippen LogP contribution in [-0.4, -0.2) is 24.0 Å². The second kappa shape index (κ2) is 3.50. The van der Waals surface area contributed by atoms with Gasteiger partial charge in [-0.3, -0.25) is 4.79 Å². The molecule has 13 heavy (non-hydrogen) atoms. The van der Waals surface area contributed by atoms with Gasteiger partial charge in [0.25, 0.3) is 0 Å². The number of nitrogens with one attached hydrogen (secondary N) is 2. The molecular weight excluding hydrogens is 164 g/mol. The maximum Gasteiger partial charge on any atom is 0.243 e. The largest absolute Gasteiger partial charge is 0.350 e. The average Bonchev–Trinajstić information content (AvgIpc) is 2.46. The van der Waals surface area contributed by atoms with Crippen LogP contribution in [0.15, 0.2) is 12.7 Å². The molecule has 0 radical (unpaired) electrons. The molecule has 2 aliphatic heterocycles. The number of hydrogen-bond donors (Lipinski definition) is 2. The van der Waals surface area contributed by atoms with Crippen LogP contribution < -0.4 is 10.6 Å². The summed E-state index contributed by atoms with van der Waals surface area (Å²) in [6, 6.07) is 1.63. The first kappa shape index (κ1) is 8.75. The number of piperidine rings is 1. The molecule has 0 aliphatic carbocycles. The molecule has 3 nitrogen and oxygen atoms in total. The van der Waals surface area contributed by atoms with Crippen molar-refractivity contribution in [1.82, 2.24) is 10.6 Å². The van der Waals surface area contributed by atoms with Gasteiger partial charge >= 0.3 is 0 Å². The zero-order chi connectivity index (χ0) is 9.26. The molecule has 2 N–H and O–H groups in total. The Morgan fingerprint density at radius 1 is 1.38 bits per heavy atom. The van der Waals surface area contributed by atoms with Crippen molar-refractivity contribution in [3.63, 3.8) is 0 Å². The minimum Gasteiger partial charge on any atom is -0.350 e. The monoisotopic (exact) mass is 180 g/mol. The van der Waals surface area contributed by atoms with E-state index in [1.54, 1.807) is 0 Å². The van der Waals surface area contributed by atoms with Gasteiger partial charge in [0.2, 0.25) is 5.91 Å². The maximum atomic E-state index is 11.1. The van der Waals surface area contributed by atoms with Crippen molar-refractivity contribution in [2.75, 3.05) is 0 Å². The van der Waals surface area contributed by atoms with Crippen LogP contribution in [-0.2, 0) is 4.79 Å². The minimum atomic E-state index is -0.0358. The van der Waals surface area contributed by atoms with E-state index >= 15 is 0 Å². The summed E-state index contributed by atoms with van der Waals surface area (Å²) in [4.78, 5) is 11.1. The van der Waals surface area contributed by atoms with Crippen LogP contribution in [0.5, 0.6) is 0 Å². The molecule has 2 rings (SSSR count). The SMILES string of the molecule is C=CC(=O)NC1C[C@H]2CC[C@@H](C1)N2. The number of fused-ring (bicyclic) bond motifs is 2. The van der Waals surface area contributed by atoms with Crippen LogP contribution in [0.2, 0.25) is 0 Å². The molecule has 2 bridgehead atoms. The topological polar surface area (TPSA) is 41.1 Å². The van der Waals surface area contributed by atoms with Crippen LogP contribution in [0, 0.1) is 0 Å². The number of rotatable bonds is 2. The quantitative estimate of drug-likeness (QED) is 0.610. The minimum absolute atomic E-state index is 0.0358. The van der Waals surface area contributed by atoms with Crippen molar-refractivity contribution in [3.8, 4) is 0 Å². The van der Waals surface area contributed by atoms with Gasteiger partial charge in [0, 0.05) is 18.1 Å². The van der Waals surface area contributed by atoms with Gasteiger partial charge in [-0.05, 0) is 31.8 Å². The van der Waals surface area contributed by atoms with E-state index in [1.807, 2.05) is 0 Å². The molecule has 3 heteroatoms. The van der Waals surface area contributed by atoms with Crippen molar-refractivity contribution in [2.24, 2.45) is 0 Å². The summed E-state index contributed by atoms with van der Waals surface area (Å²) in [7, 11) is 0. The second-order valence-electron chi connectivity index (χ2n) is 4.02. The van der Waals surface area contributed by atoms with E-state index in [-0.39, 0.29) is 5.91 Å². The average molecular weight is 180 g/mol. The Kier molecular flexibility index (Phi) is 2.36. The van der Waals surface area contributed by atoms with Crippen LogP contribution in [0.1, 0.15) is 25.7 Å². The standard InChI is InChI=1S/C10H16N2O/c1-2-10(13)12-9-5-7-3-4-8(6-9)11-7/h2,7-9,11H,1,3-6H2,(H,12,13)/t7-,8+,9?. The molecule has 0 aromatic carbocycles. The zero-order valence-electron chi connectivity index (χ0n) is 7.75. The van der Waals surface area contributed by atoms with Crippen LogP contribution in [0.3, 0.4) is 0 Å². The van der Waals surface area contributed by atoms with Gasteiger partial charge in [0.1, 0.15) is 0 Å². The summed E-state index contributed by atoms with van der Waals surface area (Å²) in [5.74, 6) is -0.0358. The van der Waals surface area contributed by atoms with Crippen LogP contribution in [0.25, 0.3) is 0 Å². The fourth-order valence-electron chi connectivity index (χ4n) is 2.44. The van der Waals surface area contributed by atoms with E-state index in [9.17, 15) is 4.79 Å². The van der Waals surface area contributed by atoms with Crippen LogP contribution in [0.4, 0.5) is 0 Å². The van der Waals surface area contributed by atoms with E-state index in [0.717, 1.165) is 12.8 Å². The van der Waals surface area contributed by atoms with Gasteiger partial charge < -0.3 is 10.6 Å². The molecule has 3 atom stereocenters. The fourth-order valence-corrected chi connectivity index (χ4v) is 2.44. The first-order valence-corrected chi connectivity index (χ1v) is 4.97. The first-order valence-electron chi connectivity index (χ1n) is 4.97. The summed E-state index contributed by atoms with van der Waals surface area (Å²) < 4.78 is 0. The van der Waals surface area contributed by atoms with Crippen molar-refractivity contribution < 1.29 is 4.79 Å². The zero-order valence-corrected chi connectivity index (χ0v) is 7.75. The lowest BCUT2D eigenvalue weighted by Crippen LogP contribution is -2.47. The summed E-state index contributed by atoms with van der Waals surface area (Å²) >= 11 is 0.